The molecule has 310 valence electrons. The lowest BCUT2D eigenvalue weighted by atomic mass is 9.79. The molecule has 3 N–H and O–H groups in total. The predicted molar refractivity (Wildman–Crippen MR) is 213 cm³/mol. The second kappa shape index (κ2) is 21.8. The Bertz CT molecular complexity index is 1390. The quantitative estimate of drug-likeness (QED) is 0.277. The van der Waals surface area contributed by atoms with Gasteiger partial charge in [-0.3, -0.25) is 14.6 Å². The lowest BCUT2D eigenvalue weighted by Crippen LogP contribution is -2.63. The van der Waals surface area contributed by atoms with Gasteiger partial charge in [0.15, 0.2) is 12.1 Å². The van der Waals surface area contributed by atoms with Crippen LogP contribution in [0.5, 0.6) is 0 Å². The Morgan fingerprint density at radius 3 is 2.40 bits per heavy atom. The molecule has 2 fully saturated rings. The fourth-order valence-corrected chi connectivity index (χ4v) is 8.62. The Kier molecular flexibility index (Phi) is 17.9. The first kappa shape index (κ1) is 45.2. The van der Waals surface area contributed by atoms with Crippen LogP contribution >= 0.6 is 0 Å². The highest BCUT2D eigenvalue weighted by molar-refractivity contribution is 5.91. The van der Waals surface area contributed by atoms with E-state index in [0.29, 0.717) is 32.4 Å². The van der Waals surface area contributed by atoms with E-state index in [2.05, 4.69) is 20.9 Å². The molecule has 0 bridgehead atoms. The van der Waals surface area contributed by atoms with Crippen LogP contribution in [-0.2, 0) is 30.3 Å². The molecule has 4 rings (SSSR count). The van der Waals surface area contributed by atoms with Crippen molar-refractivity contribution in [1.29, 1.82) is 0 Å². The number of cyclic esters (lactones) is 1. The second-order valence-corrected chi connectivity index (χ2v) is 16.8. The summed E-state index contributed by atoms with van der Waals surface area (Å²) in [7, 11) is 5.61. The summed E-state index contributed by atoms with van der Waals surface area (Å²) >= 11 is 0. The number of ether oxygens (including phenoxy) is 3. The third-order valence-corrected chi connectivity index (χ3v) is 11.9. The molecule has 0 aliphatic carbocycles. The first-order chi connectivity index (χ1) is 26.2. The molecule has 3 aliphatic heterocycles. The number of ketones is 1. The van der Waals surface area contributed by atoms with E-state index in [1.54, 1.807) is 38.2 Å². The first-order valence-electron chi connectivity index (χ1n) is 20.6. The maximum absolute atomic E-state index is 13.8. The van der Waals surface area contributed by atoms with Crippen LogP contribution in [0.1, 0.15) is 85.1 Å². The van der Waals surface area contributed by atoms with E-state index >= 15 is 0 Å². The molecule has 0 saturated carbocycles. The number of carbonyl (C=O) groups is 2. The molecule has 2 saturated heterocycles. The molecular weight excluding hydrogens is 700 g/mol. The number of rotatable bonds is 11. The molecule has 0 spiro atoms. The number of aromatic nitrogens is 1. The number of piperidine rings is 1. The van der Waals surface area contributed by atoms with Gasteiger partial charge in [0, 0.05) is 43.2 Å². The number of likely N-dealkylation sites (N-methyl/N-ethyl adjacent to an activating group) is 1. The van der Waals surface area contributed by atoms with Crippen molar-refractivity contribution >= 4 is 11.8 Å². The molecule has 1 aromatic rings. The summed E-state index contributed by atoms with van der Waals surface area (Å²) in [4.78, 5) is 38.2. The standard InChI is InChI=1S/C43H70N4O8/c1-9-37-34(27-46(8)26-32-14-13-18-44-25-32)22-28(2)15-16-35(48)29(3)23-33(17-21-47-19-11-10-12-20-47)42(30(4)36(49)24-38(50)54-37)55-43-41(52)39(45(6)7)40(51)31(5)53-43/h13-16,18,22,25,29-31,33-34,36-37,39-43,49,51-52H,9-12,17,19-21,23-24,26-27H2,1-8H3/t29?,30?,31-,33?,34?,36?,37?,39+,40-,41-,42?,43+/m1/s1. The molecule has 12 nitrogen and oxygen atoms in total. The van der Waals surface area contributed by atoms with E-state index in [4.69, 9.17) is 14.2 Å². The van der Waals surface area contributed by atoms with Gasteiger partial charge in [0.2, 0.25) is 0 Å². The first-order valence-corrected chi connectivity index (χ1v) is 20.6. The summed E-state index contributed by atoms with van der Waals surface area (Å²) < 4.78 is 19.1. The van der Waals surface area contributed by atoms with Crippen LogP contribution in [0.15, 0.2) is 48.3 Å². The topological polar surface area (TPSA) is 145 Å². The highest BCUT2D eigenvalue weighted by atomic mass is 16.7. The average molecular weight is 771 g/mol. The Morgan fingerprint density at radius 2 is 1.75 bits per heavy atom. The Morgan fingerprint density at radius 1 is 1.02 bits per heavy atom. The smallest absolute Gasteiger partial charge is 0.308 e. The van der Waals surface area contributed by atoms with Crippen molar-refractivity contribution in [2.75, 3.05) is 47.3 Å². The molecular formula is C43H70N4O8. The number of esters is 1. The molecule has 0 amide bonds. The van der Waals surface area contributed by atoms with E-state index in [9.17, 15) is 24.9 Å². The number of nitrogens with zero attached hydrogens (tertiary/aromatic N) is 4. The van der Waals surface area contributed by atoms with Crippen molar-refractivity contribution in [2.24, 2.45) is 23.7 Å². The third kappa shape index (κ3) is 13.2. The largest absolute Gasteiger partial charge is 0.462 e. The average Bonchev–Trinajstić information content (AvgIpc) is 3.15. The molecule has 12 heteroatoms. The van der Waals surface area contributed by atoms with Crippen LogP contribution in [0.25, 0.3) is 0 Å². The summed E-state index contributed by atoms with van der Waals surface area (Å²) in [6.45, 7) is 13.6. The summed E-state index contributed by atoms with van der Waals surface area (Å²) in [5.74, 6) is -1.86. The van der Waals surface area contributed by atoms with Crippen molar-refractivity contribution in [2.45, 2.75) is 135 Å². The minimum atomic E-state index is -1.19. The molecule has 0 aromatic carbocycles. The molecule has 0 radical (unpaired) electrons. The number of carbonyl (C=O) groups excluding carboxylic acids is 2. The molecule has 1 aromatic heterocycles. The fraction of sp³-hybridized carbons (Fsp3) is 0.744. The van der Waals surface area contributed by atoms with Gasteiger partial charge in [-0.05, 0) is 110 Å². The van der Waals surface area contributed by atoms with Gasteiger partial charge in [0.1, 0.15) is 12.2 Å². The van der Waals surface area contributed by atoms with Gasteiger partial charge >= 0.3 is 5.97 Å². The summed E-state index contributed by atoms with van der Waals surface area (Å²) in [6.07, 6.45) is 8.01. The van der Waals surface area contributed by atoms with Crippen molar-refractivity contribution in [1.82, 2.24) is 19.7 Å². The maximum atomic E-state index is 13.8. The van der Waals surface area contributed by atoms with Crippen LogP contribution in [0, 0.1) is 23.7 Å². The zero-order valence-electron chi connectivity index (χ0n) is 34.6. The van der Waals surface area contributed by atoms with Gasteiger partial charge in [-0.1, -0.05) is 51.0 Å². The van der Waals surface area contributed by atoms with Crippen LogP contribution in [0.3, 0.4) is 0 Å². The van der Waals surface area contributed by atoms with E-state index in [1.807, 2.05) is 59.1 Å². The number of aliphatic hydroxyl groups is 3. The minimum absolute atomic E-state index is 0.00292. The number of hydrogen-bond donors (Lipinski definition) is 3. The number of hydrogen-bond acceptors (Lipinski definition) is 12. The van der Waals surface area contributed by atoms with E-state index in [0.717, 1.165) is 43.6 Å². The third-order valence-electron chi connectivity index (χ3n) is 11.9. The molecule has 4 heterocycles. The van der Waals surface area contributed by atoms with Crippen LogP contribution in [0.2, 0.25) is 0 Å². The van der Waals surface area contributed by atoms with Gasteiger partial charge in [0.05, 0.1) is 36.9 Å². The van der Waals surface area contributed by atoms with Gasteiger partial charge < -0.3 is 44.2 Å². The normalized spacial score (nSPS) is 35.2. The van der Waals surface area contributed by atoms with Crippen molar-refractivity contribution in [3.8, 4) is 0 Å². The summed E-state index contributed by atoms with van der Waals surface area (Å²) in [5, 5.41) is 34.3. The molecule has 55 heavy (non-hydrogen) atoms. The maximum Gasteiger partial charge on any atom is 0.308 e. The van der Waals surface area contributed by atoms with Crippen molar-refractivity contribution < 1.29 is 39.1 Å². The Labute approximate surface area is 329 Å². The lowest BCUT2D eigenvalue weighted by Gasteiger charge is -2.47. The summed E-state index contributed by atoms with van der Waals surface area (Å²) in [5.41, 5.74) is 1.97. The van der Waals surface area contributed by atoms with Crippen LogP contribution in [0.4, 0.5) is 0 Å². The zero-order chi connectivity index (χ0) is 40.2. The Hall–Kier alpha value is -2.55. The lowest BCUT2D eigenvalue weighted by molar-refractivity contribution is -0.304. The fourth-order valence-electron chi connectivity index (χ4n) is 8.62. The minimum Gasteiger partial charge on any atom is -0.462 e. The molecule has 7 unspecified atom stereocenters. The van der Waals surface area contributed by atoms with Gasteiger partial charge in [0.25, 0.3) is 0 Å². The van der Waals surface area contributed by atoms with Crippen molar-refractivity contribution in [3.05, 3.63) is 53.9 Å². The number of allylic oxidation sites excluding steroid dienone is 3. The zero-order valence-corrected chi connectivity index (χ0v) is 34.6. The van der Waals surface area contributed by atoms with Crippen LogP contribution < -0.4 is 0 Å². The Balaban J connectivity index is 1.67. The van der Waals surface area contributed by atoms with Gasteiger partial charge in [-0.15, -0.1) is 0 Å². The van der Waals surface area contributed by atoms with Crippen molar-refractivity contribution in [3.63, 3.8) is 0 Å². The molecule has 3 aliphatic rings. The van der Waals surface area contributed by atoms with Gasteiger partial charge in [-0.25, -0.2) is 0 Å². The highest BCUT2D eigenvalue weighted by Crippen LogP contribution is 2.35. The number of aliphatic hydroxyl groups excluding tert-OH is 3. The van der Waals surface area contributed by atoms with E-state index < -0.39 is 60.8 Å². The van der Waals surface area contributed by atoms with E-state index in [1.165, 1.54) is 6.42 Å². The molecule has 12 atom stereocenters. The SMILES string of the molecule is CCC1OC(=O)CC(O)C(C)C(O[C@@H]2O[C@H](C)[C@@H](O)[C@H](N(C)C)[C@H]2O)C(CCN2CCCCC2)CC(C)C(=O)C=CC(C)=CC1CN(C)Cc1cccnc1. The number of likely N-dealkylation sites (tertiary alicyclic amines) is 1. The second-order valence-electron chi connectivity index (χ2n) is 16.8. The van der Waals surface area contributed by atoms with Gasteiger partial charge in [-0.2, -0.15) is 0 Å². The predicted octanol–water partition coefficient (Wildman–Crippen LogP) is 4.22. The monoisotopic (exact) mass is 771 g/mol. The van der Waals surface area contributed by atoms with Crippen LogP contribution in [-0.4, -0.2) is 143 Å². The number of pyridine rings is 1. The highest BCUT2D eigenvalue weighted by Gasteiger charge is 2.47. The van der Waals surface area contributed by atoms with E-state index in [-0.39, 0.29) is 30.0 Å². The summed E-state index contributed by atoms with van der Waals surface area (Å²) in [6, 6.07) is 3.29.